The SMILES string of the molecule is CC/C(C)=C/NC(=O)NC1=NCCS1. The van der Waals surface area contributed by atoms with Crippen LogP contribution in [0.25, 0.3) is 0 Å². The predicted octanol–water partition coefficient (Wildman–Crippen LogP) is 1.70. The van der Waals surface area contributed by atoms with Crippen molar-refractivity contribution >= 4 is 23.0 Å². The van der Waals surface area contributed by atoms with Gasteiger partial charge in [0.2, 0.25) is 0 Å². The number of hydrogen-bond acceptors (Lipinski definition) is 3. The van der Waals surface area contributed by atoms with Crippen molar-refractivity contribution < 1.29 is 4.79 Å². The van der Waals surface area contributed by atoms with Gasteiger partial charge in [-0.3, -0.25) is 10.3 Å². The lowest BCUT2D eigenvalue weighted by Crippen LogP contribution is -2.35. The van der Waals surface area contributed by atoms with E-state index in [0.29, 0.717) is 5.17 Å². The number of aliphatic imine (C=N–C) groups is 1. The summed E-state index contributed by atoms with van der Waals surface area (Å²) in [6.45, 7) is 4.81. The summed E-state index contributed by atoms with van der Waals surface area (Å²) in [4.78, 5) is 15.4. The van der Waals surface area contributed by atoms with Crippen LogP contribution in [0.5, 0.6) is 0 Å². The molecule has 0 aromatic heterocycles. The highest BCUT2D eigenvalue weighted by atomic mass is 32.2. The first-order valence-corrected chi connectivity index (χ1v) is 5.61. The fraction of sp³-hybridized carbons (Fsp3) is 0.556. The molecule has 4 nitrogen and oxygen atoms in total. The minimum Gasteiger partial charge on any atom is -0.314 e. The third-order valence-corrected chi connectivity index (χ3v) is 2.70. The van der Waals surface area contributed by atoms with Crippen molar-refractivity contribution in [3.8, 4) is 0 Å². The zero-order valence-electron chi connectivity index (χ0n) is 8.46. The van der Waals surface area contributed by atoms with Crippen molar-refractivity contribution in [2.45, 2.75) is 20.3 Å². The molecule has 2 N–H and O–H groups in total. The summed E-state index contributed by atoms with van der Waals surface area (Å²) in [5.74, 6) is 0.958. The summed E-state index contributed by atoms with van der Waals surface area (Å²) in [5, 5.41) is 6.04. The Balaban J connectivity index is 2.28. The molecule has 0 saturated carbocycles. The van der Waals surface area contributed by atoms with Gasteiger partial charge >= 0.3 is 6.03 Å². The topological polar surface area (TPSA) is 53.5 Å². The monoisotopic (exact) mass is 213 g/mol. The van der Waals surface area contributed by atoms with E-state index in [1.807, 2.05) is 13.8 Å². The molecule has 0 bridgehead atoms. The Labute approximate surface area is 88.2 Å². The zero-order valence-corrected chi connectivity index (χ0v) is 9.28. The van der Waals surface area contributed by atoms with Crippen molar-refractivity contribution in [3.63, 3.8) is 0 Å². The van der Waals surface area contributed by atoms with Gasteiger partial charge in [0.1, 0.15) is 0 Å². The summed E-state index contributed by atoms with van der Waals surface area (Å²) in [7, 11) is 0. The van der Waals surface area contributed by atoms with Gasteiger partial charge in [0, 0.05) is 12.0 Å². The molecule has 0 aromatic rings. The highest BCUT2D eigenvalue weighted by molar-refractivity contribution is 8.14. The third kappa shape index (κ3) is 3.83. The molecular weight excluding hydrogens is 198 g/mol. The first-order valence-electron chi connectivity index (χ1n) is 4.62. The van der Waals surface area contributed by atoms with Gasteiger partial charge in [0.05, 0.1) is 6.54 Å². The van der Waals surface area contributed by atoms with Crippen LogP contribution < -0.4 is 10.6 Å². The van der Waals surface area contributed by atoms with E-state index in [9.17, 15) is 4.79 Å². The molecule has 14 heavy (non-hydrogen) atoms. The molecule has 78 valence electrons. The summed E-state index contributed by atoms with van der Waals surface area (Å²) >= 11 is 1.57. The van der Waals surface area contributed by atoms with Crippen LogP contribution in [-0.2, 0) is 0 Å². The Bertz CT molecular complexity index is 273. The van der Waals surface area contributed by atoms with Crippen molar-refractivity contribution in [2.75, 3.05) is 12.3 Å². The van der Waals surface area contributed by atoms with E-state index < -0.39 is 0 Å². The van der Waals surface area contributed by atoms with Crippen LogP contribution in [0.3, 0.4) is 0 Å². The van der Waals surface area contributed by atoms with Gasteiger partial charge in [0.15, 0.2) is 5.17 Å². The molecule has 5 heteroatoms. The van der Waals surface area contributed by atoms with Crippen LogP contribution in [0, 0.1) is 0 Å². The second-order valence-electron chi connectivity index (χ2n) is 2.98. The van der Waals surface area contributed by atoms with Gasteiger partial charge in [-0.2, -0.15) is 0 Å². The van der Waals surface area contributed by atoms with Crippen molar-refractivity contribution in [2.24, 2.45) is 4.99 Å². The van der Waals surface area contributed by atoms with Gasteiger partial charge in [-0.25, -0.2) is 4.79 Å². The largest absolute Gasteiger partial charge is 0.324 e. The molecule has 0 radical (unpaired) electrons. The Morgan fingerprint density at radius 3 is 3.07 bits per heavy atom. The molecule has 0 fully saturated rings. The summed E-state index contributed by atoms with van der Waals surface area (Å²) < 4.78 is 0. The van der Waals surface area contributed by atoms with Crippen molar-refractivity contribution in [1.29, 1.82) is 0 Å². The van der Waals surface area contributed by atoms with E-state index in [1.54, 1.807) is 18.0 Å². The number of urea groups is 1. The van der Waals surface area contributed by atoms with Crippen LogP contribution >= 0.6 is 11.8 Å². The van der Waals surface area contributed by atoms with Gasteiger partial charge in [-0.05, 0) is 13.3 Å². The molecule has 2 amide bonds. The number of rotatable bonds is 2. The molecular formula is C9H15N3OS. The minimum atomic E-state index is -0.217. The van der Waals surface area contributed by atoms with E-state index in [-0.39, 0.29) is 6.03 Å². The van der Waals surface area contributed by atoms with Gasteiger partial charge in [-0.1, -0.05) is 24.3 Å². The fourth-order valence-electron chi connectivity index (χ4n) is 0.835. The number of carbonyl (C=O) groups excluding carboxylic acids is 1. The number of amides is 2. The smallest absolute Gasteiger partial charge is 0.314 e. The van der Waals surface area contributed by atoms with E-state index in [0.717, 1.165) is 24.3 Å². The average molecular weight is 213 g/mol. The molecule has 0 aromatic carbocycles. The summed E-state index contributed by atoms with van der Waals surface area (Å²) in [5.41, 5.74) is 1.14. The van der Waals surface area contributed by atoms with Crippen LogP contribution in [0.2, 0.25) is 0 Å². The zero-order chi connectivity index (χ0) is 10.4. The molecule has 1 aliphatic heterocycles. The maximum atomic E-state index is 11.3. The highest BCUT2D eigenvalue weighted by Gasteiger charge is 2.09. The number of nitrogens with one attached hydrogen (secondary N) is 2. The first-order chi connectivity index (χ1) is 6.72. The van der Waals surface area contributed by atoms with E-state index in [2.05, 4.69) is 15.6 Å². The molecule has 0 unspecified atom stereocenters. The normalized spacial score (nSPS) is 16.4. The minimum absolute atomic E-state index is 0.217. The number of thioether (sulfide) groups is 1. The molecule has 1 heterocycles. The Morgan fingerprint density at radius 2 is 2.50 bits per heavy atom. The Morgan fingerprint density at radius 1 is 1.71 bits per heavy atom. The lowest BCUT2D eigenvalue weighted by molar-refractivity contribution is 0.248. The molecule has 0 spiro atoms. The van der Waals surface area contributed by atoms with Crippen molar-refractivity contribution in [1.82, 2.24) is 10.6 Å². The average Bonchev–Trinajstić information content (AvgIpc) is 2.66. The molecule has 0 atom stereocenters. The maximum Gasteiger partial charge on any atom is 0.324 e. The molecule has 0 aliphatic carbocycles. The maximum absolute atomic E-state index is 11.3. The molecule has 1 rings (SSSR count). The van der Waals surface area contributed by atoms with E-state index in [4.69, 9.17) is 0 Å². The first kappa shape index (κ1) is 11.1. The van der Waals surface area contributed by atoms with Gasteiger partial charge < -0.3 is 5.32 Å². The number of allylic oxidation sites excluding steroid dienone is 1. The predicted molar refractivity (Wildman–Crippen MR) is 60.5 cm³/mol. The van der Waals surface area contributed by atoms with Crippen LogP contribution in [0.15, 0.2) is 16.8 Å². The number of carbonyl (C=O) groups is 1. The van der Waals surface area contributed by atoms with E-state index in [1.165, 1.54) is 0 Å². The van der Waals surface area contributed by atoms with E-state index >= 15 is 0 Å². The fourth-order valence-corrected chi connectivity index (χ4v) is 1.56. The Kier molecular flexibility index (Phi) is 4.52. The molecule has 1 aliphatic rings. The number of hydrogen-bond donors (Lipinski definition) is 2. The second-order valence-corrected chi connectivity index (χ2v) is 4.06. The lowest BCUT2D eigenvalue weighted by Gasteiger charge is -2.03. The van der Waals surface area contributed by atoms with Gasteiger partial charge in [-0.15, -0.1) is 0 Å². The summed E-state index contributed by atoms with van der Waals surface area (Å²) in [6, 6.07) is -0.217. The number of nitrogens with zero attached hydrogens (tertiary/aromatic N) is 1. The standard InChI is InChI=1S/C9H15N3OS/c1-3-7(2)6-11-8(13)12-9-10-4-5-14-9/h6H,3-5H2,1-2H3,(H2,10,11,12,13)/b7-6+. The van der Waals surface area contributed by atoms with Crippen LogP contribution in [0.1, 0.15) is 20.3 Å². The lowest BCUT2D eigenvalue weighted by atomic mass is 10.3. The Hall–Kier alpha value is -0.970. The van der Waals surface area contributed by atoms with Crippen molar-refractivity contribution in [3.05, 3.63) is 11.8 Å². The molecule has 0 saturated heterocycles. The highest BCUT2D eigenvalue weighted by Crippen LogP contribution is 2.08. The quantitative estimate of drug-likeness (QED) is 0.733. The number of amidine groups is 1. The third-order valence-electron chi connectivity index (χ3n) is 1.81. The van der Waals surface area contributed by atoms with Gasteiger partial charge in [0.25, 0.3) is 0 Å². The second kappa shape index (κ2) is 5.70. The van der Waals surface area contributed by atoms with Crippen LogP contribution in [0.4, 0.5) is 4.79 Å². The van der Waals surface area contributed by atoms with Crippen LogP contribution in [-0.4, -0.2) is 23.5 Å². The summed E-state index contributed by atoms with van der Waals surface area (Å²) in [6.07, 6.45) is 2.66.